The van der Waals surface area contributed by atoms with Gasteiger partial charge in [-0.1, -0.05) is 24.3 Å². The largest absolute Gasteiger partial charge is 0.397 e. The van der Waals surface area contributed by atoms with Gasteiger partial charge < -0.3 is 5.73 Å². The van der Waals surface area contributed by atoms with Gasteiger partial charge in [-0.2, -0.15) is 5.26 Å². The number of benzene rings is 1. The smallest absolute Gasteiger partial charge is 0.103 e. The molecular weight excluding hydrogens is 343 g/mol. The molecule has 0 aliphatic carbocycles. The number of hydrogen-bond donors (Lipinski definition) is 1. The quantitative estimate of drug-likeness (QED) is 0.662. The second-order valence-corrected chi connectivity index (χ2v) is 5.47. The third-order valence-electron chi connectivity index (χ3n) is 2.31. The predicted octanol–water partition coefficient (Wildman–Crippen LogP) is 3.70. The summed E-state index contributed by atoms with van der Waals surface area (Å²) in [7, 11) is 0. The Hall–Kier alpha value is -1.32. The number of thiophene rings is 1. The first kappa shape index (κ1) is 12.1. The van der Waals surface area contributed by atoms with Crippen LogP contribution < -0.4 is 5.73 Å². The van der Waals surface area contributed by atoms with Gasteiger partial charge in [-0.25, -0.2) is 0 Å². The van der Waals surface area contributed by atoms with Crippen molar-refractivity contribution in [1.29, 1.82) is 5.26 Å². The van der Waals surface area contributed by atoms with Crippen LogP contribution in [-0.2, 0) is 0 Å². The average Bonchev–Trinajstić information content (AvgIpc) is 2.84. The molecule has 2 rings (SSSR count). The average molecular weight is 352 g/mol. The van der Waals surface area contributed by atoms with E-state index in [-0.39, 0.29) is 0 Å². The maximum atomic E-state index is 9.24. The van der Waals surface area contributed by atoms with E-state index in [9.17, 15) is 5.26 Å². The third-order valence-corrected chi connectivity index (χ3v) is 4.14. The number of nitriles is 1. The van der Waals surface area contributed by atoms with E-state index in [4.69, 9.17) is 5.73 Å². The molecule has 0 amide bonds. The molecule has 0 aliphatic heterocycles. The standard InChI is InChI=1S/C13H9IN2S/c14-11-5-2-1-4-9(11)13(16)10(8-15)12-6-3-7-17-12/h1-7H,16H2/b13-10-. The minimum absolute atomic E-state index is 0.542. The number of allylic oxidation sites excluding steroid dienone is 1. The fraction of sp³-hybridized carbons (Fsp3) is 0. The Morgan fingerprint density at radius 2 is 2.00 bits per heavy atom. The maximum Gasteiger partial charge on any atom is 0.103 e. The summed E-state index contributed by atoms with van der Waals surface area (Å²) in [6, 6.07) is 13.8. The van der Waals surface area contributed by atoms with E-state index in [1.54, 1.807) is 0 Å². The van der Waals surface area contributed by atoms with Crippen LogP contribution in [-0.4, -0.2) is 0 Å². The molecule has 0 bridgehead atoms. The van der Waals surface area contributed by atoms with Gasteiger partial charge in [0.25, 0.3) is 0 Å². The Labute approximate surface area is 118 Å². The van der Waals surface area contributed by atoms with Gasteiger partial charge in [0.2, 0.25) is 0 Å². The SMILES string of the molecule is N#C/C(=C(/N)c1ccccc1I)c1cccs1. The van der Waals surface area contributed by atoms with E-state index in [0.29, 0.717) is 11.3 Å². The topological polar surface area (TPSA) is 49.8 Å². The van der Waals surface area contributed by atoms with Crippen LogP contribution >= 0.6 is 33.9 Å². The van der Waals surface area contributed by atoms with Crippen LogP contribution in [0.4, 0.5) is 0 Å². The molecule has 0 spiro atoms. The van der Waals surface area contributed by atoms with Crippen molar-refractivity contribution in [3.05, 3.63) is 55.8 Å². The van der Waals surface area contributed by atoms with Crippen LogP contribution in [0.5, 0.6) is 0 Å². The molecule has 2 nitrogen and oxygen atoms in total. The van der Waals surface area contributed by atoms with Crippen LogP contribution in [0.3, 0.4) is 0 Å². The molecule has 0 radical (unpaired) electrons. The van der Waals surface area contributed by atoms with E-state index in [1.807, 2.05) is 41.8 Å². The highest BCUT2D eigenvalue weighted by atomic mass is 127. The van der Waals surface area contributed by atoms with Crippen molar-refractivity contribution < 1.29 is 0 Å². The summed E-state index contributed by atoms with van der Waals surface area (Å²) in [6.45, 7) is 0. The van der Waals surface area contributed by atoms with Crippen LogP contribution in [0, 0.1) is 14.9 Å². The second kappa shape index (κ2) is 5.34. The van der Waals surface area contributed by atoms with Crippen molar-refractivity contribution in [2.75, 3.05) is 0 Å². The molecule has 1 heterocycles. The zero-order valence-electron chi connectivity index (χ0n) is 8.85. The lowest BCUT2D eigenvalue weighted by Gasteiger charge is -2.06. The highest BCUT2D eigenvalue weighted by Crippen LogP contribution is 2.27. The molecule has 0 atom stereocenters. The summed E-state index contributed by atoms with van der Waals surface area (Å²) in [4.78, 5) is 0.907. The number of nitrogens with two attached hydrogens (primary N) is 1. The van der Waals surface area contributed by atoms with Crippen molar-refractivity contribution in [2.45, 2.75) is 0 Å². The summed E-state index contributed by atoms with van der Waals surface area (Å²) in [5.74, 6) is 0. The van der Waals surface area contributed by atoms with Crippen molar-refractivity contribution >= 4 is 45.2 Å². The minimum Gasteiger partial charge on any atom is -0.397 e. The van der Waals surface area contributed by atoms with Gasteiger partial charge >= 0.3 is 0 Å². The minimum atomic E-state index is 0.542. The van der Waals surface area contributed by atoms with Crippen molar-refractivity contribution in [3.8, 4) is 6.07 Å². The normalized spacial score (nSPS) is 11.8. The summed E-state index contributed by atoms with van der Waals surface area (Å²) in [6.07, 6.45) is 0. The lowest BCUT2D eigenvalue weighted by molar-refractivity contribution is 1.47. The molecule has 1 aromatic heterocycles. The Morgan fingerprint density at radius 3 is 2.59 bits per heavy atom. The van der Waals surface area contributed by atoms with Gasteiger partial charge in [0, 0.05) is 14.0 Å². The number of halogens is 1. The summed E-state index contributed by atoms with van der Waals surface area (Å²) in [5, 5.41) is 11.2. The van der Waals surface area contributed by atoms with Gasteiger partial charge in [-0.05, 0) is 40.1 Å². The van der Waals surface area contributed by atoms with Gasteiger partial charge in [0.05, 0.1) is 11.3 Å². The van der Waals surface area contributed by atoms with Crippen LogP contribution in [0.15, 0.2) is 41.8 Å². The molecule has 84 valence electrons. The Bertz CT molecular complexity index is 594. The van der Waals surface area contributed by atoms with Gasteiger partial charge in [-0.15, -0.1) is 11.3 Å². The van der Waals surface area contributed by atoms with Crippen LogP contribution in [0.1, 0.15) is 10.4 Å². The highest BCUT2D eigenvalue weighted by molar-refractivity contribution is 14.1. The molecule has 0 saturated carbocycles. The fourth-order valence-electron chi connectivity index (χ4n) is 1.48. The number of hydrogen-bond acceptors (Lipinski definition) is 3. The zero-order valence-corrected chi connectivity index (χ0v) is 11.8. The van der Waals surface area contributed by atoms with E-state index >= 15 is 0 Å². The summed E-state index contributed by atoms with van der Waals surface area (Å²) in [5.41, 5.74) is 8.10. The molecule has 4 heteroatoms. The van der Waals surface area contributed by atoms with Gasteiger partial charge in [-0.3, -0.25) is 0 Å². The molecule has 2 N–H and O–H groups in total. The Morgan fingerprint density at radius 1 is 1.24 bits per heavy atom. The first-order valence-electron chi connectivity index (χ1n) is 4.92. The second-order valence-electron chi connectivity index (χ2n) is 3.36. The highest BCUT2D eigenvalue weighted by Gasteiger charge is 2.11. The summed E-state index contributed by atoms with van der Waals surface area (Å²) >= 11 is 3.74. The molecule has 0 fully saturated rings. The van der Waals surface area contributed by atoms with E-state index < -0.39 is 0 Å². The molecule has 2 aromatic rings. The van der Waals surface area contributed by atoms with Gasteiger partial charge in [0.15, 0.2) is 0 Å². The molecule has 0 unspecified atom stereocenters. The van der Waals surface area contributed by atoms with E-state index in [2.05, 4.69) is 28.7 Å². The Balaban J connectivity index is 2.58. The monoisotopic (exact) mass is 352 g/mol. The van der Waals surface area contributed by atoms with Crippen LogP contribution in [0.2, 0.25) is 0 Å². The molecular formula is C13H9IN2S. The van der Waals surface area contributed by atoms with Gasteiger partial charge in [0.1, 0.15) is 6.07 Å². The fourth-order valence-corrected chi connectivity index (χ4v) is 2.90. The molecule has 17 heavy (non-hydrogen) atoms. The molecule has 1 aromatic carbocycles. The number of rotatable bonds is 2. The maximum absolute atomic E-state index is 9.24. The number of nitrogens with zero attached hydrogens (tertiary/aromatic N) is 1. The Kier molecular flexibility index (Phi) is 3.82. The lowest BCUT2D eigenvalue weighted by Crippen LogP contribution is -2.01. The molecule has 0 saturated heterocycles. The lowest BCUT2D eigenvalue weighted by atomic mass is 10.1. The summed E-state index contributed by atoms with van der Waals surface area (Å²) < 4.78 is 1.05. The third kappa shape index (κ3) is 2.51. The van der Waals surface area contributed by atoms with Crippen molar-refractivity contribution in [2.24, 2.45) is 5.73 Å². The first-order chi connectivity index (χ1) is 8.24. The van der Waals surface area contributed by atoms with Crippen molar-refractivity contribution in [3.63, 3.8) is 0 Å². The first-order valence-corrected chi connectivity index (χ1v) is 6.88. The van der Waals surface area contributed by atoms with Crippen molar-refractivity contribution in [1.82, 2.24) is 0 Å². The van der Waals surface area contributed by atoms with E-state index in [0.717, 1.165) is 14.0 Å². The van der Waals surface area contributed by atoms with Crippen LogP contribution in [0.25, 0.3) is 11.3 Å². The van der Waals surface area contributed by atoms with E-state index in [1.165, 1.54) is 11.3 Å². The molecule has 0 aliphatic rings. The predicted molar refractivity (Wildman–Crippen MR) is 80.1 cm³/mol. The zero-order chi connectivity index (χ0) is 12.3.